The van der Waals surface area contributed by atoms with Gasteiger partial charge in [-0.05, 0) is 49.7 Å². The van der Waals surface area contributed by atoms with Gasteiger partial charge in [-0.15, -0.1) is 0 Å². The molecule has 0 bridgehead atoms. The number of carbonyl (C=O) groups is 3. The van der Waals surface area contributed by atoms with Gasteiger partial charge in [0.05, 0.1) is 30.9 Å². The van der Waals surface area contributed by atoms with E-state index >= 15 is 0 Å². The molecule has 0 aliphatic carbocycles. The molecule has 1 unspecified atom stereocenters. The summed E-state index contributed by atoms with van der Waals surface area (Å²) in [5.74, 6) is -2.22. The number of anilines is 1. The van der Waals surface area contributed by atoms with E-state index in [0.717, 1.165) is 5.56 Å². The molecule has 1 aliphatic heterocycles. The van der Waals surface area contributed by atoms with Crippen LogP contribution in [0.3, 0.4) is 0 Å². The molecule has 0 spiro atoms. The lowest BCUT2D eigenvalue weighted by atomic mass is 9.93. The third-order valence-corrected chi connectivity index (χ3v) is 6.40. The highest BCUT2D eigenvalue weighted by Crippen LogP contribution is 2.43. The number of esters is 1. The normalized spacial score (nSPS) is 15.3. The number of rotatable bonds is 7. The lowest BCUT2D eigenvalue weighted by molar-refractivity contribution is -0.117. The Hall–Kier alpha value is -4.85. The molecule has 1 atom stereocenters. The Morgan fingerprint density at radius 1 is 1.03 bits per heavy atom. The molecule has 5 rings (SSSR count). The summed E-state index contributed by atoms with van der Waals surface area (Å²) in [5, 5.41) is 11.7. The Balaban J connectivity index is 1.65. The molecule has 38 heavy (non-hydrogen) atoms. The fraction of sp³-hybridized carbons (Fsp3) is 0.167. The van der Waals surface area contributed by atoms with E-state index in [4.69, 9.17) is 13.9 Å². The lowest BCUT2D eigenvalue weighted by Gasteiger charge is -2.27. The number of benzene rings is 3. The first-order valence-corrected chi connectivity index (χ1v) is 12.1. The van der Waals surface area contributed by atoms with Crippen LogP contribution in [-0.4, -0.2) is 36.5 Å². The van der Waals surface area contributed by atoms with Crippen LogP contribution in [0.5, 0.6) is 5.75 Å². The number of hydrogen-bond acceptors (Lipinski definition) is 7. The number of methoxy groups -OCH3 is 1. The molecule has 2 heterocycles. The number of amides is 1. The summed E-state index contributed by atoms with van der Waals surface area (Å²) in [6.07, 6.45) is 0. The second kappa shape index (κ2) is 9.89. The number of ether oxygens (including phenoxy) is 2. The van der Waals surface area contributed by atoms with Crippen LogP contribution in [-0.2, 0) is 9.53 Å². The molecule has 3 aromatic carbocycles. The van der Waals surface area contributed by atoms with Gasteiger partial charge in [-0.3, -0.25) is 14.5 Å². The number of Topliss-reactive ketones (excluding diaryl/α,β-unsaturated/α-hetero) is 1. The molecule has 4 aromatic rings. The SMILES string of the molecule is CCOC(=O)c1cccc(N2C(=O)C(O)=C(C(=O)c3cc4cccc(OC)c4o3)C2c2cccc(C)c2)c1. The zero-order valence-corrected chi connectivity index (χ0v) is 21.1. The molecule has 0 saturated carbocycles. The molecule has 0 radical (unpaired) electrons. The molecule has 8 heteroatoms. The number of furan rings is 1. The minimum Gasteiger partial charge on any atom is -0.503 e. The predicted octanol–water partition coefficient (Wildman–Crippen LogP) is 5.71. The standard InChI is InChI=1S/C30H25NO7/c1-4-37-30(35)20-11-6-12-21(15-20)31-25(18-9-5-8-17(2)14-18)24(27(33)29(31)34)26(32)23-16-19-10-7-13-22(36-3)28(19)38-23/h5-16,25,33H,4H2,1-3H3. The molecule has 0 fully saturated rings. The van der Waals surface area contributed by atoms with Crippen molar-refractivity contribution >= 4 is 34.3 Å². The summed E-state index contributed by atoms with van der Waals surface area (Å²) in [7, 11) is 1.50. The highest BCUT2D eigenvalue weighted by molar-refractivity contribution is 6.21. The van der Waals surface area contributed by atoms with Gasteiger partial charge in [-0.25, -0.2) is 4.79 Å². The van der Waals surface area contributed by atoms with E-state index in [-0.39, 0.29) is 23.5 Å². The summed E-state index contributed by atoms with van der Waals surface area (Å²) in [6.45, 7) is 3.79. The van der Waals surface area contributed by atoms with E-state index in [0.29, 0.717) is 28.0 Å². The van der Waals surface area contributed by atoms with Gasteiger partial charge in [0.15, 0.2) is 22.9 Å². The Morgan fingerprint density at radius 3 is 2.53 bits per heavy atom. The molecule has 1 N–H and O–H groups in total. The molecular formula is C30H25NO7. The van der Waals surface area contributed by atoms with Crippen molar-refractivity contribution in [2.45, 2.75) is 19.9 Å². The van der Waals surface area contributed by atoms with Crippen molar-refractivity contribution in [1.82, 2.24) is 0 Å². The van der Waals surface area contributed by atoms with Crippen molar-refractivity contribution in [3.8, 4) is 5.75 Å². The van der Waals surface area contributed by atoms with Gasteiger partial charge in [0.25, 0.3) is 5.91 Å². The van der Waals surface area contributed by atoms with Gasteiger partial charge in [0.2, 0.25) is 5.78 Å². The van der Waals surface area contributed by atoms with Crippen molar-refractivity contribution < 1.29 is 33.4 Å². The van der Waals surface area contributed by atoms with Crippen molar-refractivity contribution in [2.24, 2.45) is 0 Å². The van der Waals surface area contributed by atoms with Crippen molar-refractivity contribution in [3.63, 3.8) is 0 Å². The van der Waals surface area contributed by atoms with Gasteiger partial charge in [0.1, 0.15) is 0 Å². The highest BCUT2D eigenvalue weighted by Gasteiger charge is 2.45. The summed E-state index contributed by atoms with van der Waals surface area (Å²) in [4.78, 5) is 41.1. The number of aliphatic hydroxyl groups is 1. The summed E-state index contributed by atoms with van der Waals surface area (Å²) >= 11 is 0. The summed E-state index contributed by atoms with van der Waals surface area (Å²) in [6, 6.07) is 19.5. The van der Waals surface area contributed by atoms with Gasteiger partial charge in [-0.1, -0.05) is 48.0 Å². The van der Waals surface area contributed by atoms with Crippen LogP contribution in [0.1, 0.15) is 45.0 Å². The number of aryl methyl sites for hydroxylation is 1. The average Bonchev–Trinajstić information content (AvgIpc) is 3.47. The van der Waals surface area contributed by atoms with Crippen molar-refractivity contribution in [3.05, 3.63) is 107 Å². The number of fused-ring (bicyclic) bond motifs is 1. The zero-order chi connectivity index (χ0) is 27.0. The number of aliphatic hydroxyl groups excluding tert-OH is 1. The zero-order valence-electron chi connectivity index (χ0n) is 21.1. The molecule has 8 nitrogen and oxygen atoms in total. The fourth-order valence-corrected chi connectivity index (χ4v) is 4.70. The van der Waals surface area contributed by atoms with E-state index in [1.165, 1.54) is 18.1 Å². The number of ketones is 1. The monoisotopic (exact) mass is 511 g/mol. The number of carbonyl (C=O) groups excluding carboxylic acids is 3. The van der Waals surface area contributed by atoms with E-state index in [9.17, 15) is 19.5 Å². The van der Waals surface area contributed by atoms with Crippen LogP contribution in [0.4, 0.5) is 5.69 Å². The molecule has 1 amide bonds. The first-order valence-electron chi connectivity index (χ1n) is 12.1. The number of para-hydroxylation sites is 1. The predicted molar refractivity (Wildman–Crippen MR) is 141 cm³/mol. The first kappa shape index (κ1) is 24.8. The maximum atomic E-state index is 13.9. The second-order valence-corrected chi connectivity index (χ2v) is 8.84. The Labute approximate surface area is 218 Å². The Bertz CT molecular complexity index is 1610. The van der Waals surface area contributed by atoms with Crippen LogP contribution >= 0.6 is 0 Å². The van der Waals surface area contributed by atoms with E-state index in [1.807, 2.05) is 25.1 Å². The maximum absolute atomic E-state index is 13.9. The largest absolute Gasteiger partial charge is 0.503 e. The van der Waals surface area contributed by atoms with Gasteiger partial charge < -0.3 is 19.0 Å². The molecular weight excluding hydrogens is 486 g/mol. The number of nitrogens with zero attached hydrogens (tertiary/aromatic N) is 1. The third kappa shape index (κ3) is 4.20. The van der Waals surface area contributed by atoms with Crippen LogP contribution in [0.2, 0.25) is 0 Å². The quantitative estimate of drug-likeness (QED) is 0.250. The van der Waals surface area contributed by atoms with Crippen LogP contribution in [0.15, 0.2) is 88.5 Å². The number of hydrogen-bond donors (Lipinski definition) is 1. The van der Waals surface area contributed by atoms with Crippen molar-refractivity contribution in [1.29, 1.82) is 0 Å². The molecule has 192 valence electrons. The fourth-order valence-electron chi connectivity index (χ4n) is 4.70. The Kier molecular flexibility index (Phi) is 6.46. The van der Waals surface area contributed by atoms with Crippen LogP contribution < -0.4 is 9.64 Å². The van der Waals surface area contributed by atoms with Crippen molar-refractivity contribution in [2.75, 3.05) is 18.6 Å². The molecule has 0 saturated heterocycles. The van der Waals surface area contributed by atoms with Gasteiger partial charge >= 0.3 is 5.97 Å². The smallest absolute Gasteiger partial charge is 0.338 e. The Morgan fingerprint density at radius 2 is 1.79 bits per heavy atom. The highest BCUT2D eigenvalue weighted by atomic mass is 16.5. The first-order chi connectivity index (χ1) is 18.3. The summed E-state index contributed by atoms with van der Waals surface area (Å²) in [5.41, 5.74) is 2.34. The average molecular weight is 512 g/mol. The minimum atomic E-state index is -0.970. The second-order valence-electron chi connectivity index (χ2n) is 8.84. The topological polar surface area (TPSA) is 106 Å². The van der Waals surface area contributed by atoms with Crippen LogP contribution in [0.25, 0.3) is 11.0 Å². The summed E-state index contributed by atoms with van der Waals surface area (Å²) < 4.78 is 16.3. The molecule has 1 aromatic heterocycles. The minimum absolute atomic E-state index is 0.0429. The molecule has 1 aliphatic rings. The maximum Gasteiger partial charge on any atom is 0.338 e. The van der Waals surface area contributed by atoms with E-state index in [2.05, 4.69) is 0 Å². The lowest BCUT2D eigenvalue weighted by Crippen LogP contribution is -2.31. The van der Waals surface area contributed by atoms with Gasteiger partial charge in [-0.2, -0.15) is 0 Å². The van der Waals surface area contributed by atoms with Crippen LogP contribution in [0, 0.1) is 6.92 Å². The third-order valence-electron chi connectivity index (χ3n) is 6.40. The van der Waals surface area contributed by atoms with Gasteiger partial charge in [0, 0.05) is 11.1 Å². The van der Waals surface area contributed by atoms with E-state index in [1.54, 1.807) is 55.5 Å². The van der Waals surface area contributed by atoms with E-state index < -0.39 is 29.5 Å².